The summed E-state index contributed by atoms with van der Waals surface area (Å²) in [5, 5.41) is 10.7. The molecule has 18 heavy (non-hydrogen) atoms. The van der Waals surface area contributed by atoms with Crippen molar-refractivity contribution in [3.05, 3.63) is 65.7 Å². The van der Waals surface area contributed by atoms with Crippen molar-refractivity contribution in [1.29, 1.82) is 0 Å². The van der Waals surface area contributed by atoms with Crippen molar-refractivity contribution in [3.8, 4) is 0 Å². The van der Waals surface area contributed by atoms with Gasteiger partial charge in [0, 0.05) is 23.0 Å². The maximum Gasteiger partial charge on any atom is 0.0458 e. The van der Waals surface area contributed by atoms with Crippen LogP contribution in [0.4, 0.5) is 0 Å². The van der Waals surface area contributed by atoms with Crippen LogP contribution in [-0.2, 0) is 17.0 Å². The van der Waals surface area contributed by atoms with E-state index in [1.807, 2.05) is 42.5 Å². The third-order valence-electron chi connectivity index (χ3n) is 2.54. The van der Waals surface area contributed by atoms with Gasteiger partial charge in [0.15, 0.2) is 0 Å². The summed E-state index contributed by atoms with van der Waals surface area (Å²) in [7, 11) is 0. The summed E-state index contributed by atoms with van der Waals surface area (Å²) in [6, 6.07) is 17.7. The molecular formula is C15H13O2S-. The van der Waals surface area contributed by atoms with Crippen molar-refractivity contribution in [2.75, 3.05) is 0 Å². The second-order valence-electron chi connectivity index (χ2n) is 3.93. The third kappa shape index (κ3) is 3.64. The van der Waals surface area contributed by atoms with Crippen molar-refractivity contribution in [2.45, 2.75) is 17.1 Å². The van der Waals surface area contributed by atoms with Crippen LogP contribution in [0.3, 0.4) is 0 Å². The number of carboxylic acids is 1. The van der Waals surface area contributed by atoms with E-state index in [0.717, 1.165) is 16.2 Å². The van der Waals surface area contributed by atoms with E-state index in [-0.39, 0.29) is 6.42 Å². The first-order valence-electron chi connectivity index (χ1n) is 5.70. The molecule has 0 amide bonds. The highest BCUT2D eigenvalue weighted by molar-refractivity contribution is 7.98. The largest absolute Gasteiger partial charge is 0.550 e. The van der Waals surface area contributed by atoms with Gasteiger partial charge in [-0.15, -0.1) is 11.8 Å². The monoisotopic (exact) mass is 257 g/mol. The fourth-order valence-electron chi connectivity index (χ4n) is 1.68. The summed E-state index contributed by atoms with van der Waals surface area (Å²) in [6.07, 6.45) is -0.0298. The number of thioether (sulfide) groups is 1. The van der Waals surface area contributed by atoms with Crippen LogP contribution in [0.25, 0.3) is 0 Å². The molecule has 2 aromatic carbocycles. The summed E-state index contributed by atoms with van der Waals surface area (Å²) >= 11 is 1.65. The van der Waals surface area contributed by atoms with Crippen molar-refractivity contribution in [2.24, 2.45) is 0 Å². The van der Waals surface area contributed by atoms with Gasteiger partial charge in [0.25, 0.3) is 0 Å². The molecule has 2 aromatic rings. The molecule has 2 rings (SSSR count). The number of benzene rings is 2. The molecule has 0 aromatic heterocycles. The maximum absolute atomic E-state index is 10.7. The normalized spacial score (nSPS) is 10.2. The van der Waals surface area contributed by atoms with E-state index in [4.69, 9.17) is 0 Å². The second-order valence-corrected chi connectivity index (χ2v) is 4.95. The Bertz CT molecular complexity index is 523. The Hall–Kier alpha value is -1.74. The van der Waals surface area contributed by atoms with Crippen molar-refractivity contribution >= 4 is 17.7 Å². The fourth-order valence-corrected chi connectivity index (χ4v) is 2.70. The molecule has 0 aliphatic carbocycles. The van der Waals surface area contributed by atoms with E-state index in [2.05, 4.69) is 12.1 Å². The molecule has 0 bridgehead atoms. The lowest BCUT2D eigenvalue weighted by atomic mass is 10.1. The van der Waals surface area contributed by atoms with Crippen LogP contribution < -0.4 is 5.11 Å². The second kappa shape index (κ2) is 6.26. The van der Waals surface area contributed by atoms with Crippen LogP contribution in [-0.4, -0.2) is 5.97 Å². The zero-order valence-corrected chi connectivity index (χ0v) is 10.7. The molecule has 92 valence electrons. The molecule has 0 unspecified atom stereocenters. The van der Waals surface area contributed by atoms with Crippen LogP contribution in [0.15, 0.2) is 59.5 Å². The first-order chi connectivity index (χ1) is 8.75. The molecule has 2 nitrogen and oxygen atoms in total. The first kappa shape index (κ1) is 12.7. The van der Waals surface area contributed by atoms with Crippen LogP contribution >= 0.6 is 11.8 Å². The van der Waals surface area contributed by atoms with Gasteiger partial charge in [-0.2, -0.15) is 0 Å². The van der Waals surface area contributed by atoms with Gasteiger partial charge in [0.05, 0.1) is 0 Å². The number of carbonyl (C=O) groups is 1. The van der Waals surface area contributed by atoms with E-state index in [9.17, 15) is 9.90 Å². The number of carboxylic acid groups (broad SMARTS) is 1. The zero-order valence-electron chi connectivity index (χ0n) is 9.84. The van der Waals surface area contributed by atoms with Crippen LogP contribution in [0.2, 0.25) is 0 Å². The van der Waals surface area contributed by atoms with Crippen molar-refractivity contribution in [3.63, 3.8) is 0 Å². The van der Waals surface area contributed by atoms with E-state index in [1.54, 1.807) is 11.8 Å². The topological polar surface area (TPSA) is 40.1 Å². The predicted octanol–water partition coefficient (Wildman–Crippen LogP) is 2.27. The van der Waals surface area contributed by atoms with Crippen molar-refractivity contribution in [1.82, 2.24) is 0 Å². The Balaban J connectivity index is 2.07. The van der Waals surface area contributed by atoms with E-state index in [1.165, 1.54) is 5.56 Å². The van der Waals surface area contributed by atoms with Crippen LogP contribution in [0.1, 0.15) is 11.1 Å². The summed E-state index contributed by atoms with van der Waals surface area (Å²) in [5.74, 6) is -0.201. The van der Waals surface area contributed by atoms with Gasteiger partial charge in [-0.25, -0.2) is 0 Å². The molecular weight excluding hydrogens is 244 g/mol. The lowest BCUT2D eigenvalue weighted by molar-refractivity contribution is -0.304. The highest BCUT2D eigenvalue weighted by atomic mass is 32.2. The minimum atomic E-state index is -1.04. The van der Waals surface area contributed by atoms with Gasteiger partial charge in [-0.1, -0.05) is 48.5 Å². The standard InChI is InChI=1S/C15H14O2S/c16-15(17)10-13-8-4-5-9-14(13)18-11-12-6-2-1-3-7-12/h1-9H,10-11H2,(H,16,17)/p-1. The highest BCUT2D eigenvalue weighted by Crippen LogP contribution is 2.26. The first-order valence-corrected chi connectivity index (χ1v) is 6.69. The van der Waals surface area contributed by atoms with Gasteiger partial charge in [-0.3, -0.25) is 0 Å². The summed E-state index contributed by atoms with van der Waals surface area (Å²) in [4.78, 5) is 11.7. The maximum atomic E-state index is 10.7. The number of carbonyl (C=O) groups excluding carboxylic acids is 1. The minimum absolute atomic E-state index is 0.0298. The molecule has 0 radical (unpaired) electrons. The Kier molecular flexibility index (Phi) is 4.42. The lowest BCUT2D eigenvalue weighted by Gasteiger charge is -2.09. The zero-order chi connectivity index (χ0) is 12.8. The highest BCUT2D eigenvalue weighted by Gasteiger charge is 2.03. The van der Waals surface area contributed by atoms with E-state index in [0.29, 0.717) is 0 Å². The van der Waals surface area contributed by atoms with E-state index >= 15 is 0 Å². The van der Waals surface area contributed by atoms with Crippen molar-refractivity contribution < 1.29 is 9.90 Å². The Morgan fingerprint density at radius 1 is 1.00 bits per heavy atom. The molecule has 0 fully saturated rings. The predicted molar refractivity (Wildman–Crippen MR) is 71.2 cm³/mol. The number of hydrogen-bond acceptors (Lipinski definition) is 3. The van der Waals surface area contributed by atoms with Gasteiger partial charge in [0.1, 0.15) is 0 Å². The average Bonchev–Trinajstić information content (AvgIpc) is 2.38. The minimum Gasteiger partial charge on any atom is -0.550 e. The number of rotatable bonds is 5. The summed E-state index contributed by atoms with van der Waals surface area (Å²) < 4.78 is 0. The average molecular weight is 257 g/mol. The Morgan fingerprint density at radius 3 is 2.39 bits per heavy atom. The Morgan fingerprint density at radius 2 is 1.67 bits per heavy atom. The van der Waals surface area contributed by atoms with Gasteiger partial charge < -0.3 is 9.90 Å². The molecule has 0 heterocycles. The van der Waals surface area contributed by atoms with Gasteiger partial charge in [0.2, 0.25) is 0 Å². The smallest absolute Gasteiger partial charge is 0.0458 e. The Labute approximate surface area is 111 Å². The number of aliphatic carboxylic acids is 1. The van der Waals surface area contributed by atoms with E-state index < -0.39 is 5.97 Å². The van der Waals surface area contributed by atoms with Crippen LogP contribution in [0.5, 0.6) is 0 Å². The summed E-state index contributed by atoms with van der Waals surface area (Å²) in [5.41, 5.74) is 2.05. The molecule has 0 atom stereocenters. The fraction of sp³-hybridized carbons (Fsp3) is 0.133. The van der Waals surface area contributed by atoms with Crippen LogP contribution in [0, 0.1) is 0 Å². The molecule has 0 saturated carbocycles. The van der Waals surface area contributed by atoms with Gasteiger partial charge in [-0.05, 0) is 17.2 Å². The molecule has 0 aliphatic heterocycles. The van der Waals surface area contributed by atoms with Gasteiger partial charge >= 0.3 is 0 Å². The summed E-state index contributed by atoms with van der Waals surface area (Å²) in [6.45, 7) is 0. The molecule has 0 aliphatic rings. The SMILES string of the molecule is O=C([O-])Cc1ccccc1SCc1ccccc1. The lowest BCUT2D eigenvalue weighted by Crippen LogP contribution is -2.24. The quantitative estimate of drug-likeness (QED) is 0.771. The third-order valence-corrected chi connectivity index (χ3v) is 3.73. The number of hydrogen-bond donors (Lipinski definition) is 0. The molecule has 0 spiro atoms. The molecule has 0 saturated heterocycles. The molecule has 3 heteroatoms. The molecule has 0 N–H and O–H groups in total.